The van der Waals surface area contributed by atoms with Gasteiger partial charge >= 0.3 is 0 Å². The van der Waals surface area contributed by atoms with Gasteiger partial charge in [-0.3, -0.25) is 4.79 Å². The van der Waals surface area contributed by atoms with Crippen LogP contribution in [0.4, 0.5) is 0 Å². The van der Waals surface area contributed by atoms with Crippen molar-refractivity contribution >= 4 is 16.9 Å². The summed E-state index contributed by atoms with van der Waals surface area (Å²) in [7, 11) is 0. The van der Waals surface area contributed by atoms with Crippen LogP contribution in [0, 0.1) is 12.8 Å². The molecule has 6 nitrogen and oxygen atoms in total. The first-order valence-electron chi connectivity index (χ1n) is 12.4. The van der Waals surface area contributed by atoms with Gasteiger partial charge in [-0.25, -0.2) is 4.98 Å². The molecule has 2 aliphatic heterocycles. The van der Waals surface area contributed by atoms with E-state index in [1.54, 1.807) is 0 Å². The van der Waals surface area contributed by atoms with Crippen molar-refractivity contribution in [2.45, 2.75) is 39.8 Å². The number of ether oxygens (including phenoxy) is 1. The lowest BCUT2D eigenvalue weighted by Gasteiger charge is -2.25. The molecule has 2 atom stereocenters. The van der Waals surface area contributed by atoms with Crippen LogP contribution in [-0.4, -0.2) is 40.0 Å². The summed E-state index contributed by atoms with van der Waals surface area (Å²) in [6.07, 6.45) is 7.48. The molecule has 2 unspecified atom stereocenters. The van der Waals surface area contributed by atoms with Crippen LogP contribution in [-0.2, 0) is 11.3 Å². The minimum atomic E-state index is 0.0527. The SMILES string of the molecule is CCC1=CC=CC2C(C)=C(C(=O)N3CCOc4ccc(-c5ccc6nc(C)[nH]c6c5)cc4C3)NC12. The molecule has 0 saturated heterocycles. The first-order chi connectivity index (χ1) is 17.0. The van der Waals surface area contributed by atoms with Gasteiger partial charge in [0.25, 0.3) is 5.91 Å². The Bertz CT molecular complexity index is 1430. The number of amides is 1. The largest absolute Gasteiger partial charge is 0.491 e. The molecule has 1 amide bonds. The fourth-order valence-electron chi connectivity index (χ4n) is 5.55. The van der Waals surface area contributed by atoms with Crippen molar-refractivity contribution in [1.29, 1.82) is 0 Å². The topological polar surface area (TPSA) is 70.2 Å². The summed E-state index contributed by atoms with van der Waals surface area (Å²) < 4.78 is 6.05. The quantitative estimate of drug-likeness (QED) is 0.568. The van der Waals surface area contributed by atoms with Gasteiger partial charge in [-0.15, -0.1) is 0 Å². The molecule has 0 spiro atoms. The summed E-state index contributed by atoms with van der Waals surface area (Å²) >= 11 is 0. The Balaban J connectivity index is 1.28. The number of hydrogen-bond donors (Lipinski definition) is 2. The highest BCUT2D eigenvalue weighted by Crippen LogP contribution is 2.36. The van der Waals surface area contributed by atoms with E-state index in [2.05, 4.69) is 71.6 Å². The van der Waals surface area contributed by atoms with Gasteiger partial charge in [0.1, 0.15) is 23.9 Å². The minimum absolute atomic E-state index is 0.0527. The molecule has 3 aliphatic rings. The molecule has 0 radical (unpaired) electrons. The molecule has 3 aromatic rings. The van der Waals surface area contributed by atoms with E-state index in [4.69, 9.17) is 4.74 Å². The number of benzene rings is 2. The van der Waals surface area contributed by atoms with Gasteiger partial charge in [-0.2, -0.15) is 0 Å². The second kappa shape index (κ2) is 8.45. The van der Waals surface area contributed by atoms with E-state index in [1.807, 2.05) is 24.0 Å². The smallest absolute Gasteiger partial charge is 0.270 e. The molecule has 0 bridgehead atoms. The van der Waals surface area contributed by atoms with E-state index < -0.39 is 0 Å². The zero-order valence-corrected chi connectivity index (χ0v) is 20.4. The highest BCUT2D eigenvalue weighted by atomic mass is 16.5. The monoisotopic (exact) mass is 466 g/mol. The van der Waals surface area contributed by atoms with E-state index in [1.165, 1.54) is 5.57 Å². The standard InChI is InChI=1S/C29H30N4O2/c1-4-19-6-5-7-23-17(2)27(32-28(19)23)29(34)33-12-13-35-26-11-9-20(14-22(26)16-33)21-8-10-24-25(15-21)31-18(3)30-24/h5-11,14-15,23,28,32H,4,12-13,16H2,1-3H3,(H,30,31). The highest BCUT2D eigenvalue weighted by molar-refractivity contribution is 5.95. The number of imidazole rings is 1. The Kier molecular flexibility index (Phi) is 5.24. The molecule has 3 heterocycles. The van der Waals surface area contributed by atoms with E-state index in [9.17, 15) is 4.79 Å². The van der Waals surface area contributed by atoms with Gasteiger partial charge < -0.3 is 19.9 Å². The maximum Gasteiger partial charge on any atom is 0.270 e. The first kappa shape index (κ1) is 21.7. The zero-order chi connectivity index (χ0) is 24.1. The molecular formula is C29H30N4O2. The minimum Gasteiger partial charge on any atom is -0.491 e. The third kappa shape index (κ3) is 3.73. The van der Waals surface area contributed by atoms with Crippen LogP contribution in [0.3, 0.4) is 0 Å². The number of aromatic nitrogens is 2. The van der Waals surface area contributed by atoms with Crippen LogP contribution < -0.4 is 10.1 Å². The molecule has 1 aromatic heterocycles. The van der Waals surface area contributed by atoms with Gasteiger partial charge in [0.15, 0.2) is 0 Å². The number of H-pyrrole nitrogens is 1. The molecule has 2 N–H and O–H groups in total. The second-order valence-electron chi connectivity index (χ2n) is 9.64. The molecule has 6 rings (SSSR count). The first-order valence-corrected chi connectivity index (χ1v) is 12.4. The number of nitrogens with zero attached hydrogens (tertiary/aromatic N) is 2. The lowest BCUT2D eigenvalue weighted by Crippen LogP contribution is -2.39. The lowest BCUT2D eigenvalue weighted by molar-refractivity contribution is -0.128. The van der Waals surface area contributed by atoms with Crippen molar-refractivity contribution in [2.75, 3.05) is 13.2 Å². The van der Waals surface area contributed by atoms with Crippen LogP contribution in [0.15, 0.2) is 71.5 Å². The Hall–Kier alpha value is -3.80. The van der Waals surface area contributed by atoms with Crippen molar-refractivity contribution in [2.24, 2.45) is 5.92 Å². The fourth-order valence-corrected chi connectivity index (χ4v) is 5.55. The average Bonchev–Trinajstić information content (AvgIpc) is 3.32. The number of nitrogens with one attached hydrogen (secondary N) is 2. The van der Waals surface area contributed by atoms with Crippen LogP contribution in [0.5, 0.6) is 5.75 Å². The summed E-state index contributed by atoms with van der Waals surface area (Å²) in [6, 6.07) is 12.7. The van der Waals surface area contributed by atoms with Crippen molar-refractivity contribution in [3.63, 3.8) is 0 Å². The Morgan fingerprint density at radius 3 is 2.86 bits per heavy atom. The zero-order valence-electron chi connectivity index (χ0n) is 20.4. The lowest BCUT2D eigenvalue weighted by atomic mass is 9.85. The number of hydrogen-bond acceptors (Lipinski definition) is 4. The molecule has 1 aliphatic carbocycles. The van der Waals surface area contributed by atoms with E-state index in [-0.39, 0.29) is 17.9 Å². The predicted octanol–water partition coefficient (Wildman–Crippen LogP) is 5.03. The van der Waals surface area contributed by atoms with Gasteiger partial charge in [0, 0.05) is 18.0 Å². The summed E-state index contributed by atoms with van der Waals surface area (Å²) in [6.45, 7) is 7.78. The molecule has 0 fully saturated rings. The maximum absolute atomic E-state index is 13.7. The molecular weight excluding hydrogens is 436 g/mol. The number of carbonyl (C=O) groups is 1. The number of fused-ring (bicyclic) bond motifs is 3. The third-order valence-corrected chi connectivity index (χ3v) is 7.46. The van der Waals surface area contributed by atoms with Crippen molar-refractivity contribution in [1.82, 2.24) is 20.2 Å². The van der Waals surface area contributed by atoms with Crippen molar-refractivity contribution in [3.05, 3.63) is 82.9 Å². The Morgan fingerprint density at radius 2 is 2.00 bits per heavy atom. The summed E-state index contributed by atoms with van der Waals surface area (Å²) in [5, 5.41) is 3.56. The van der Waals surface area contributed by atoms with Crippen LogP contribution in [0.1, 0.15) is 31.7 Å². The van der Waals surface area contributed by atoms with E-state index in [0.717, 1.165) is 57.0 Å². The number of carbonyl (C=O) groups excluding carboxylic acids is 1. The average molecular weight is 467 g/mol. The molecule has 6 heteroatoms. The van der Waals surface area contributed by atoms with Crippen molar-refractivity contribution in [3.8, 4) is 16.9 Å². The van der Waals surface area contributed by atoms with Gasteiger partial charge in [-0.1, -0.05) is 37.3 Å². The van der Waals surface area contributed by atoms with Gasteiger partial charge in [0.05, 0.1) is 23.6 Å². The molecule has 35 heavy (non-hydrogen) atoms. The Labute approximate surface area is 205 Å². The normalized spacial score (nSPS) is 21.2. The van der Waals surface area contributed by atoms with Crippen LogP contribution >= 0.6 is 0 Å². The fraction of sp³-hybridized carbons (Fsp3) is 0.310. The number of allylic oxidation sites excluding steroid dienone is 2. The number of rotatable bonds is 3. The molecule has 0 saturated carbocycles. The van der Waals surface area contributed by atoms with Gasteiger partial charge in [0.2, 0.25) is 0 Å². The van der Waals surface area contributed by atoms with Crippen molar-refractivity contribution < 1.29 is 9.53 Å². The number of aromatic amines is 1. The van der Waals surface area contributed by atoms with E-state index in [0.29, 0.717) is 19.7 Å². The third-order valence-electron chi connectivity index (χ3n) is 7.46. The highest BCUT2D eigenvalue weighted by Gasteiger charge is 2.37. The molecule has 2 aromatic carbocycles. The van der Waals surface area contributed by atoms with Gasteiger partial charge in [-0.05, 0) is 66.8 Å². The summed E-state index contributed by atoms with van der Waals surface area (Å²) in [5.74, 6) is 2.05. The number of aryl methyl sites for hydroxylation is 1. The second-order valence-corrected chi connectivity index (χ2v) is 9.64. The maximum atomic E-state index is 13.7. The summed E-state index contributed by atoms with van der Waals surface area (Å²) in [5.41, 5.74) is 8.42. The summed E-state index contributed by atoms with van der Waals surface area (Å²) in [4.78, 5) is 23.4. The Morgan fingerprint density at radius 1 is 1.17 bits per heavy atom. The van der Waals surface area contributed by atoms with Crippen LogP contribution in [0.25, 0.3) is 22.2 Å². The predicted molar refractivity (Wildman–Crippen MR) is 138 cm³/mol. The van der Waals surface area contributed by atoms with E-state index >= 15 is 0 Å². The van der Waals surface area contributed by atoms with Crippen LogP contribution in [0.2, 0.25) is 0 Å². The molecule has 178 valence electrons.